The highest BCUT2D eigenvalue weighted by Crippen LogP contribution is 2.29. The Balaban J connectivity index is 1.53. The van der Waals surface area contributed by atoms with Gasteiger partial charge in [-0.2, -0.15) is 0 Å². The van der Waals surface area contributed by atoms with Crippen molar-refractivity contribution in [1.82, 2.24) is 5.27 Å². The van der Waals surface area contributed by atoms with Crippen molar-refractivity contribution >= 4 is 52.1 Å². The van der Waals surface area contributed by atoms with Crippen LogP contribution in [0.5, 0.6) is 0 Å². The van der Waals surface area contributed by atoms with E-state index < -0.39 is 0 Å². The van der Waals surface area contributed by atoms with Gasteiger partial charge >= 0.3 is 5.88 Å². The van der Waals surface area contributed by atoms with Gasteiger partial charge in [-0.05, 0) is 54.4 Å². The summed E-state index contributed by atoms with van der Waals surface area (Å²) in [6.07, 6.45) is 3.38. The van der Waals surface area contributed by atoms with E-state index in [0.29, 0.717) is 16.6 Å². The molecule has 0 saturated heterocycles. The maximum absolute atomic E-state index is 13.3. The van der Waals surface area contributed by atoms with E-state index in [1.807, 2.05) is 87.4 Å². The number of amidine groups is 1. The summed E-state index contributed by atoms with van der Waals surface area (Å²) in [6.45, 7) is 3.91. The van der Waals surface area contributed by atoms with Crippen LogP contribution in [0.25, 0.3) is 6.08 Å². The first kappa shape index (κ1) is 24.2. The number of benzene rings is 2. The number of amides is 2. The highest BCUT2D eigenvalue weighted by atomic mass is 32.2. The molecule has 0 unspecified atom stereocenters. The number of hydrogen-bond acceptors (Lipinski definition) is 7. The van der Waals surface area contributed by atoms with E-state index in [9.17, 15) is 9.59 Å². The van der Waals surface area contributed by atoms with E-state index in [4.69, 9.17) is 4.52 Å². The summed E-state index contributed by atoms with van der Waals surface area (Å²) in [5.41, 5.74) is 2.92. The monoisotopic (exact) mass is 491 g/mol. The lowest BCUT2D eigenvalue weighted by molar-refractivity contribution is -0.779. The van der Waals surface area contributed by atoms with Crippen molar-refractivity contribution in [2.75, 3.05) is 35.0 Å². The lowest BCUT2D eigenvalue weighted by atomic mass is 10.1. The molecule has 2 aromatic carbocycles. The van der Waals surface area contributed by atoms with Crippen LogP contribution >= 0.6 is 11.8 Å². The van der Waals surface area contributed by atoms with Crippen LogP contribution in [0.3, 0.4) is 0 Å². The summed E-state index contributed by atoms with van der Waals surface area (Å²) < 4.78 is 6.76. The van der Waals surface area contributed by atoms with Crippen molar-refractivity contribution in [2.24, 2.45) is 4.99 Å². The lowest BCUT2D eigenvalue weighted by Crippen LogP contribution is -2.37. The maximum Gasteiger partial charge on any atom is 0.302 e. The smallest absolute Gasteiger partial charge is 0.302 e. The molecule has 0 aliphatic carbocycles. The van der Waals surface area contributed by atoms with Gasteiger partial charge in [-0.3, -0.25) is 24.3 Å². The van der Waals surface area contributed by atoms with E-state index in [2.05, 4.69) is 15.6 Å². The fourth-order valence-electron chi connectivity index (χ4n) is 3.28. The zero-order chi connectivity index (χ0) is 24.9. The van der Waals surface area contributed by atoms with Gasteiger partial charge in [-0.15, -0.1) is 0 Å². The minimum absolute atomic E-state index is 0.0443. The fourth-order valence-corrected chi connectivity index (χ4v) is 4.10. The zero-order valence-corrected chi connectivity index (χ0v) is 20.8. The van der Waals surface area contributed by atoms with Crippen LogP contribution in [-0.2, 0) is 9.59 Å². The predicted octanol–water partition coefficient (Wildman–Crippen LogP) is 3.72. The standard InChI is InChI=1S/C25H26N6O3S/c1-17(2)30-15-23(34-28-30)27-22(32)16-35-25-26-21(14-18-10-12-19(13-11-18)29(3)4)24(33)31(25)20-8-6-5-7-9-20/h5-15,17H,16H2,1-4H3/p+1/b21-14+. The number of rotatable bonds is 7. The third-order valence-electron chi connectivity index (χ3n) is 5.16. The molecule has 1 aliphatic heterocycles. The van der Waals surface area contributed by atoms with Gasteiger partial charge in [0.15, 0.2) is 11.2 Å². The first-order valence-corrected chi connectivity index (χ1v) is 12.1. The average Bonchev–Trinajstić information content (AvgIpc) is 3.43. The second-order valence-corrected chi connectivity index (χ2v) is 9.31. The molecule has 0 radical (unpaired) electrons. The van der Waals surface area contributed by atoms with Gasteiger partial charge < -0.3 is 4.90 Å². The second-order valence-electron chi connectivity index (χ2n) is 8.36. The molecular weight excluding hydrogens is 464 g/mol. The largest absolute Gasteiger partial charge is 0.378 e. The molecule has 0 bridgehead atoms. The highest BCUT2D eigenvalue weighted by molar-refractivity contribution is 8.14. The van der Waals surface area contributed by atoms with Crippen molar-refractivity contribution in [3.8, 4) is 0 Å². The third-order valence-corrected chi connectivity index (χ3v) is 6.10. The first-order valence-electron chi connectivity index (χ1n) is 11.1. The van der Waals surface area contributed by atoms with Crippen LogP contribution in [0.4, 0.5) is 17.3 Å². The predicted molar refractivity (Wildman–Crippen MR) is 138 cm³/mol. The van der Waals surface area contributed by atoms with E-state index in [1.165, 1.54) is 16.7 Å². The summed E-state index contributed by atoms with van der Waals surface area (Å²) in [7, 11) is 3.94. The lowest BCUT2D eigenvalue weighted by Gasteiger charge is -2.17. The molecule has 0 fully saturated rings. The van der Waals surface area contributed by atoms with E-state index in [0.717, 1.165) is 11.3 Å². The van der Waals surface area contributed by atoms with Gasteiger partial charge in [-0.1, -0.05) is 42.1 Å². The molecule has 4 rings (SSSR count). The summed E-state index contributed by atoms with van der Waals surface area (Å²) in [6, 6.07) is 17.2. The molecule has 2 amide bonds. The molecule has 9 nitrogen and oxygen atoms in total. The fraction of sp³-hybridized carbons (Fsp3) is 0.240. The van der Waals surface area contributed by atoms with Gasteiger partial charge in [-0.25, -0.2) is 4.99 Å². The van der Waals surface area contributed by atoms with Crippen molar-refractivity contribution in [2.45, 2.75) is 19.9 Å². The number of anilines is 3. The highest BCUT2D eigenvalue weighted by Gasteiger charge is 2.32. The number of aromatic nitrogens is 2. The number of para-hydroxylation sites is 1. The Hall–Kier alpha value is -3.92. The van der Waals surface area contributed by atoms with E-state index >= 15 is 0 Å². The Labute approximate surface area is 208 Å². The molecule has 0 saturated carbocycles. The Kier molecular flexibility index (Phi) is 7.31. The number of nitrogens with one attached hydrogen (secondary N) is 1. The van der Waals surface area contributed by atoms with Crippen LogP contribution in [0.2, 0.25) is 0 Å². The van der Waals surface area contributed by atoms with Crippen LogP contribution in [0.15, 0.2) is 76.0 Å². The van der Waals surface area contributed by atoms with Crippen molar-refractivity contribution < 1.29 is 18.8 Å². The van der Waals surface area contributed by atoms with E-state index in [-0.39, 0.29) is 29.5 Å². The minimum Gasteiger partial charge on any atom is -0.378 e. The van der Waals surface area contributed by atoms with Crippen LogP contribution < -0.4 is 19.8 Å². The molecule has 0 spiro atoms. The molecule has 35 heavy (non-hydrogen) atoms. The van der Waals surface area contributed by atoms with Crippen LogP contribution in [-0.4, -0.2) is 42.1 Å². The Morgan fingerprint density at radius 2 is 1.89 bits per heavy atom. The average molecular weight is 492 g/mol. The summed E-state index contributed by atoms with van der Waals surface area (Å²) >= 11 is 1.18. The van der Waals surface area contributed by atoms with Gasteiger partial charge in [0.25, 0.3) is 12.1 Å². The Bertz CT molecular complexity index is 1270. The Morgan fingerprint density at radius 1 is 1.17 bits per heavy atom. The molecule has 2 heterocycles. The molecule has 180 valence electrons. The summed E-state index contributed by atoms with van der Waals surface area (Å²) in [5, 5.41) is 6.98. The maximum atomic E-state index is 13.3. The number of carbonyl (C=O) groups excluding carboxylic acids is 2. The van der Waals surface area contributed by atoms with Crippen molar-refractivity contribution in [1.29, 1.82) is 0 Å². The zero-order valence-electron chi connectivity index (χ0n) is 20.0. The Morgan fingerprint density at radius 3 is 2.51 bits per heavy atom. The molecule has 1 aromatic heterocycles. The number of hydrogen-bond donors (Lipinski definition) is 1. The molecule has 1 aliphatic rings. The van der Waals surface area contributed by atoms with Crippen LogP contribution in [0, 0.1) is 0 Å². The van der Waals surface area contributed by atoms with E-state index in [1.54, 1.807) is 17.0 Å². The van der Waals surface area contributed by atoms with Crippen LogP contribution in [0.1, 0.15) is 25.5 Å². The van der Waals surface area contributed by atoms with Crippen molar-refractivity contribution in [3.05, 3.63) is 72.1 Å². The molecule has 0 atom stereocenters. The quantitative estimate of drug-likeness (QED) is 0.400. The number of aliphatic imine (C=N–C) groups is 1. The third kappa shape index (κ3) is 5.78. The normalized spacial score (nSPS) is 14.5. The number of nitrogens with zero attached hydrogens (tertiary/aromatic N) is 5. The van der Waals surface area contributed by atoms with Gasteiger partial charge in [0, 0.05) is 19.8 Å². The topological polar surface area (TPSA) is 94.9 Å². The van der Waals surface area contributed by atoms with Gasteiger partial charge in [0.1, 0.15) is 5.70 Å². The SMILES string of the molecule is CC(C)[n+]1cc(NC(=O)CSC2=N/C(=C/c3ccc(N(C)C)cc3)C(=O)N2c2ccccc2)on1. The molecule has 10 heteroatoms. The summed E-state index contributed by atoms with van der Waals surface area (Å²) in [5.74, 6) is -0.232. The first-order chi connectivity index (χ1) is 16.8. The number of thioether (sulfide) groups is 1. The summed E-state index contributed by atoms with van der Waals surface area (Å²) in [4.78, 5) is 33.9. The second kappa shape index (κ2) is 10.6. The number of carbonyl (C=O) groups is 2. The molecule has 3 aromatic rings. The van der Waals surface area contributed by atoms with Crippen molar-refractivity contribution in [3.63, 3.8) is 0 Å². The molecular formula is C25H27N6O3S+. The van der Waals surface area contributed by atoms with Gasteiger partial charge in [0.2, 0.25) is 11.2 Å². The minimum atomic E-state index is -0.290. The van der Waals surface area contributed by atoms with Gasteiger partial charge in [0.05, 0.1) is 11.4 Å². The molecule has 1 N–H and O–H groups in total.